The first-order valence-electron chi connectivity index (χ1n) is 5.80. The molecule has 2 heterocycles. The largest absolute Gasteiger partial charge is 0.457 e. The van der Waals surface area contributed by atoms with Gasteiger partial charge >= 0.3 is 5.97 Å². The maximum Gasteiger partial charge on any atom is 0.374 e. The molecule has 1 saturated heterocycles. The minimum Gasteiger partial charge on any atom is -0.457 e. The summed E-state index contributed by atoms with van der Waals surface area (Å²) >= 11 is 0. The van der Waals surface area contributed by atoms with Crippen LogP contribution < -0.4 is 5.14 Å². The quantitative estimate of drug-likeness (QED) is 0.812. The summed E-state index contributed by atoms with van der Waals surface area (Å²) in [6.07, 6.45) is 1.68. The third-order valence-electron chi connectivity index (χ3n) is 2.80. The predicted octanol–water partition coefficient (Wildman–Crippen LogP) is 0.571. The van der Waals surface area contributed by atoms with Crippen LogP contribution in [0.2, 0.25) is 0 Å². The summed E-state index contributed by atoms with van der Waals surface area (Å²) in [5.41, 5.74) is 0. The van der Waals surface area contributed by atoms with Crippen molar-refractivity contribution in [2.75, 3.05) is 13.2 Å². The molecule has 0 radical (unpaired) electrons. The molecule has 1 aromatic rings. The van der Waals surface area contributed by atoms with Gasteiger partial charge in [-0.15, -0.1) is 0 Å². The fraction of sp³-hybridized carbons (Fsp3) is 0.545. The number of carbonyl (C=O) groups excluding carboxylic acids is 1. The summed E-state index contributed by atoms with van der Waals surface area (Å²) in [5, 5.41) is 4.98. The van der Waals surface area contributed by atoms with Gasteiger partial charge in [0.1, 0.15) is 17.3 Å². The predicted molar refractivity (Wildman–Crippen MR) is 64.1 cm³/mol. The van der Waals surface area contributed by atoms with Gasteiger partial charge in [-0.1, -0.05) is 0 Å². The van der Waals surface area contributed by atoms with Crippen LogP contribution in [-0.2, 0) is 19.5 Å². The fourth-order valence-corrected chi connectivity index (χ4v) is 2.58. The van der Waals surface area contributed by atoms with E-state index in [-0.39, 0.29) is 29.1 Å². The summed E-state index contributed by atoms with van der Waals surface area (Å²) in [6, 6.07) is 1.07. The zero-order chi connectivity index (χ0) is 14.0. The van der Waals surface area contributed by atoms with Crippen molar-refractivity contribution in [1.82, 2.24) is 0 Å². The van der Waals surface area contributed by atoms with Crippen LogP contribution in [0, 0.1) is 6.92 Å². The molecular weight excluding hydrogens is 274 g/mol. The van der Waals surface area contributed by atoms with E-state index in [2.05, 4.69) is 0 Å². The second-order valence-electron chi connectivity index (χ2n) is 4.31. The summed E-state index contributed by atoms with van der Waals surface area (Å²) in [5.74, 6) is -0.848. The Morgan fingerprint density at radius 1 is 1.58 bits per heavy atom. The lowest BCUT2D eigenvalue weighted by atomic mass is 10.2. The van der Waals surface area contributed by atoms with Crippen LogP contribution in [0.4, 0.5) is 0 Å². The van der Waals surface area contributed by atoms with Crippen LogP contribution in [0.1, 0.15) is 29.2 Å². The molecule has 106 valence electrons. The number of sulfonamides is 1. The summed E-state index contributed by atoms with van der Waals surface area (Å²) in [6.45, 7) is 2.21. The highest BCUT2D eigenvalue weighted by molar-refractivity contribution is 7.89. The molecule has 0 bridgehead atoms. The third kappa shape index (κ3) is 3.34. The molecule has 1 aliphatic rings. The molecule has 1 aliphatic heterocycles. The highest BCUT2D eigenvalue weighted by Crippen LogP contribution is 2.20. The maximum atomic E-state index is 11.7. The highest BCUT2D eigenvalue weighted by atomic mass is 32.2. The second-order valence-corrected chi connectivity index (χ2v) is 5.84. The van der Waals surface area contributed by atoms with Crippen LogP contribution >= 0.6 is 0 Å². The lowest BCUT2D eigenvalue weighted by molar-refractivity contribution is 0.0135. The van der Waals surface area contributed by atoms with Crippen LogP contribution in [0.15, 0.2) is 15.4 Å². The molecule has 1 unspecified atom stereocenters. The summed E-state index contributed by atoms with van der Waals surface area (Å²) in [7, 11) is -3.90. The van der Waals surface area contributed by atoms with Gasteiger partial charge in [-0.25, -0.2) is 18.4 Å². The molecule has 2 rings (SSSR count). The smallest absolute Gasteiger partial charge is 0.374 e. The zero-order valence-electron chi connectivity index (χ0n) is 10.4. The van der Waals surface area contributed by atoms with E-state index in [1.807, 2.05) is 0 Å². The van der Waals surface area contributed by atoms with Crippen molar-refractivity contribution in [3.8, 4) is 0 Å². The van der Waals surface area contributed by atoms with E-state index in [0.717, 1.165) is 18.9 Å². The SMILES string of the molecule is Cc1oc(C(=O)OCC2CCCO2)cc1S(N)(=O)=O. The molecule has 19 heavy (non-hydrogen) atoms. The van der Waals surface area contributed by atoms with E-state index in [1.165, 1.54) is 6.92 Å². The van der Waals surface area contributed by atoms with Gasteiger partial charge in [-0.2, -0.15) is 0 Å². The van der Waals surface area contributed by atoms with E-state index in [9.17, 15) is 13.2 Å². The van der Waals surface area contributed by atoms with Crippen molar-refractivity contribution in [3.63, 3.8) is 0 Å². The third-order valence-corrected chi connectivity index (χ3v) is 3.82. The molecule has 1 fully saturated rings. The van der Waals surface area contributed by atoms with Gasteiger partial charge in [0.2, 0.25) is 15.8 Å². The Kier molecular flexibility index (Phi) is 3.93. The van der Waals surface area contributed by atoms with E-state index < -0.39 is 16.0 Å². The maximum absolute atomic E-state index is 11.7. The number of primary sulfonamides is 1. The van der Waals surface area contributed by atoms with Crippen LogP contribution in [0.5, 0.6) is 0 Å². The standard InChI is InChI=1S/C11H15NO6S/c1-7-10(19(12,14)15)5-9(18-7)11(13)17-6-8-3-2-4-16-8/h5,8H,2-4,6H2,1H3,(H2,12,14,15). The van der Waals surface area contributed by atoms with E-state index in [4.69, 9.17) is 19.0 Å². The number of ether oxygens (including phenoxy) is 2. The van der Waals surface area contributed by atoms with Gasteiger partial charge in [0.15, 0.2) is 0 Å². The first-order valence-corrected chi connectivity index (χ1v) is 7.34. The molecular formula is C11H15NO6S. The summed E-state index contributed by atoms with van der Waals surface area (Å²) < 4.78 is 37.7. The van der Waals surface area contributed by atoms with Crippen LogP contribution in [-0.4, -0.2) is 33.7 Å². The molecule has 2 N–H and O–H groups in total. The Morgan fingerprint density at radius 2 is 2.32 bits per heavy atom. The second kappa shape index (κ2) is 5.32. The number of hydrogen-bond donors (Lipinski definition) is 1. The molecule has 1 aromatic heterocycles. The molecule has 7 nitrogen and oxygen atoms in total. The average molecular weight is 289 g/mol. The van der Waals surface area contributed by atoms with E-state index in [1.54, 1.807) is 0 Å². The Morgan fingerprint density at radius 3 is 2.84 bits per heavy atom. The van der Waals surface area contributed by atoms with Gasteiger partial charge in [-0.3, -0.25) is 0 Å². The lowest BCUT2D eigenvalue weighted by Gasteiger charge is -2.08. The van der Waals surface area contributed by atoms with Crippen molar-refractivity contribution in [1.29, 1.82) is 0 Å². The summed E-state index contributed by atoms with van der Waals surface area (Å²) in [4.78, 5) is 11.5. The van der Waals surface area contributed by atoms with Crippen molar-refractivity contribution >= 4 is 16.0 Å². The van der Waals surface area contributed by atoms with Crippen molar-refractivity contribution in [2.24, 2.45) is 5.14 Å². The van der Waals surface area contributed by atoms with E-state index in [0.29, 0.717) is 6.61 Å². The van der Waals surface area contributed by atoms with Crippen molar-refractivity contribution in [3.05, 3.63) is 17.6 Å². The van der Waals surface area contributed by atoms with E-state index >= 15 is 0 Å². The van der Waals surface area contributed by atoms with Crippen LogP contribution in [0.25, 0.3) is 0 Å². The molecule has 0 aromatic carbocycles. The first-order chi connectivity index (χ1) is 8.88. The number of esters is 1. The van der Waals surface area contributed by atoms with Gasteiger partial charge in [0.05, 0.1) is 6.10 Å². The zero-order valence-corrected chi connectivity index (χ0v) is 11.2. The molecule has 1 atom stereocenters. The van der Waals surface area contributed by atoms with Gasteiger partial charge in [-0.05, 0) is 19.8 Å². The Bertz CT molecular complexity index is 570. The highest BCUT2D eigenvalue weighted by Gasteiger charge is 2.23. The number of rotatable bonds is 4. The van der Waals surface area contributed by atoms with Gasteiger partial charge in [0, 0.05) is 12.7 Å². The minimum absolute atomic E-state index is 0.0616. The molecule has 0 spiro atoms. The number of furan rings is 1. The van der Waals surface area contributed by atoms with Gasteiger partial charge in [0.25, 0.3) is 0 Å². The molecule has 0 amide bonds. The average Bonchev–Trinajstić information content (AvgIpc) is 2.93. The topological polar surface area (TPSA) is 109 Å². The molecule has 8 heteroatoms. The monoisotopic (exact) mass is 289 g/mol. The van der Waals surface area contributed by atoms with Crippen molar-refractivity contribution < 1.29 is 27.1 Å². The first kappa shape index (κ1) is 14.0. The van der Waals surface area contributed by atoms with Crippen LogP contribution in [0.3, 0.4) is 0 Å². The normalized spacial score (nSPS) is 19.6. The number of nitrogens with two attached hydrogens (primary N) is 1. The Labute approximate surface area is 110 Å². The van der Waals surface area contributed by atoms with Gasteiger partial charge < -0.3 is 13.9 Å². The van der Waals surface area contributed by atoms with Crippen molar-refractivity contribution in [2.45, 2.75) is 30.8 Å². The molecule has 0 saturated carbocycles. The molecule has 0 aliphatic carbocycles. The minimum atomic E-state index is -3.90. The number of hydrogen-bond acceptors (Lipinski definition) is 6. The lowest BCUT2D eigenvalue weighted by Crippen LogP contribution is -2.17. The Hall–Kier alpha value is -1.38. The number of aryl methyl sites for hydroxylation is 1. The Balaban J connectivity index is 2.03. The fourth-order valence-electron chi connectivity index (χ4n) is 1.86. The number of carbonyl (C=O) groups is 1.